The van der Waals surface area contributed by atoms with Crippen LogP contribution in [0.5, 0.6) is 11.5 Å². The largest absolute Gasteiger partial charge is 0.490 e. The number of halogens is 3. The lowest BCUT2D eigenvalue weighted by atomic mass is 10.0. The van der Waals surface area contributed by atoms with Crippen molar-refractivity contribution in [1.29, 1.82) is 0 Å². The molecule has 1 heterocycles. The first-order valence-corrected chi connectivity index (χ1v) is 13.6. The van der Waals surface area contributed by atoms with Crippen LogP contribution in [0.2, 0.25) is 15.1 Å². The number of aromatic amines is 1. The minimum absolute atomic E-state index is 0.215. The van der Waals surface area contributed by atoms with Gasteiger partial charge in [-0.3, -0.25) is 4.79 Å². The van der Waals surface area contributed by atoms with E-state index in [9.17, 15) is 9.59 Å². The number of hydrogen-bond acceptors (Lipinski definition) is 5. The number of fused-ring (bicyclic) bond motifs is 1. The Bertz CT molecular complexity index is 1790. The maximum Gasteiger partial charge on any atom is 0.343 e. The standard InChI is InChI=1S/C31H22Cl3N3O4/c1-2-40-26-14-18(12-13-25(26)41-31(39)19-8-4-3-5-9-19)17-35-37-30(38)29-27(21-10-6-7-11-23(21)33)22-15-20(32)16-24(34)28(22)36-29/h3-17,36H,2H2,1H3,(H,37,38). The zero-order valence-corrected chi connectivity index (χ0v) is 23.8. The number of benzene rings is 4. The lowest BCUT2D eigenvalue weighted by Crippen LogP contribution is -2.19. The molecule has 5 aromatic rings. The Balaban J connectivity index is 1.40. The van der Waals surface area contributed by atoms with E-state index in [-0.39, 0.29) is 11.4 Å². The van der Waals surface area contributed by atoms with E-state index >= 15 is 0 Å². The third-order valence-corrected chi connectivity index (χ3v) is 6.90. The lowest BCUT2D eigenvalue weighted by Gasteiger charge is -2.11. The molecule has 206 valence electrons. The highest BCUT2D eigenvalue weighted by Crippen LogP contribution is 2.40. The molecule has 5 rings (SSSR count). The zero-order chi connectivity index (χ0) is 28.9. The lowest BCUT2D eigenvalue weighted by molar-refractivity contribution is 0.0728. The van der Waals surface area contributed by atoms with Crippen molar-refractivity contribution in [3.63, 3.8) is 0 Å². The molecule has 0 atom stereocenters. The molecule has 0 fully saturated rings. The van der Waals surface area contributed by atoms with Crippen LogP contribution in [0.1, 0.15) is 33.3 Å². The maximum absolute atomic E-state index is 13.3. The molecule has 41 heavy (non-hydrogen) atoms. The van der Waals surface area contributed by atoms with Gasteiger partial charge in [0.15, 0.2) is 11.5 Å². The molecule has 0 saturated heterocycles. The summed E-state index contributed by atoms with van der Waals surface area (Å²) in [6.07, 6.45) is 1.45. The number of nitrogens with one attached hydrogen (secondary N) is 2. The number of rotatable bonds is 8. The second-order valence-corrected chi connectivity index (χ2v) is 10.0. The molecule has 10 heteroatoms. The van der Waals surface area contributed by atoms with Crippen LogP contribution in [-0.4, -0.2) is 29.7 Å². The third kappa shape index (κ3) is 6.23. The minimum Gasteiger partial charge on any atom is -0.490 e. The van der Waals surface area contributed by atoms with Crippen molar-refractivity contribution in [2.45, 2.75) is 6.92 Å². The van der Waals surface area contributed by atoms with Crippen LogP contribution in [-0.2, 0) is 0 Å². The van der Waals surface area contributed by atoms with Crippen LogP contribution < -0.4 is 14.9 Å². The fraction of sp³-hybridized carbons (Fsp3) is 0.0645. The Hall–Kier alpha value is -4.30. The van der Waals surface area contributed by atoms with Crippen LogP contribution in [0.4, 0.5) is 0 Å². The molecule has 0 radical (unpaired) electrons. The molecule has 0 unspecified atom stereocenters. The quantitative estimate of drug-likeness (QED) is 0.0806. The highest BCUT2D eigenvalue weighted by molar-refractivity contribution is 6.39. The van der Waals surface area contributed by atoms with Gasteiger partial charge in [-0.1, -0.05) is 71.2 Å². The average molecular weight is 607 g/mol. The molecule has 1 aromatic heterocycles. The summed E-state index contributed by atoms with van der Waals surface area (Å²) in [5.74, 6) is -0.401. The summed E-state index contributed by atoms with van der Waals surface area (Å²) in [6, 6.07) is 24.1. The van der Waals surface area contributed by atoms with Crippen LogP contribution in [0.3, 0.4) is 0 Å². The number of carbonyl (C=O) groups is 2. The summed E-state index contributed by atoms with van der Waals surface area (Å²) in [5, 5.41) is 6.01. The van der Waals surface area contributed by atoms with Crippen molar-refractivity contribution in [3.05, 3.63) is 117 Å². The van der Waals surface area contributed by atoms with Gasteiger partial charge in [0.05, 0.1) is 28.9 Å². The van der Waals surface area contributed by atoms with Crippen molar-refractivity contribution in [2.75, 3.05) is 6.61 Å². The number of carbonyl (C=O) groups excluding carboxylic acids is 2. The van der Waals surface area contributed by atoms with Crippen molar-refractivity contribution in [3.8, 4) is 22.6 Å². The molecule has 0 spiro atoms. The number of ether oxygens (including phenoxy) is 2. The predicted octanol–water partition coefficient (Wildman–Crippen LogP) is 8.18. The van der Waals surface area contributed by atoms with Gasteiger partial charge in [-0.05, 0) is 61.0 Å². The second-order valence-electron chi connectivity index (χ2n) is 8.76. The summed E-state index contributed by atoms with van der Waals surface area (Å²) in [5.41, 5.74) is 5.51. The molecule has 4 aromatic carbocycles. The van der Waals surface area contributed by atoms with E-state index < -0.39 is 11.9 Å². The molecular formula is C31H22Cl3N3O4. The number of hydrogen-bond donors (Lipinski definition) is 2. The summed E-state index contributed by atoms with van der Waals surface area (Å²) < 4.78 is 11.2. The number of nitrogens with zero attached hydrogens (tertiary/aromatic N) is 1. The van der Waals surface area contributed by atoms with E-state index in [2.05, 4.69) is 15.5 Å². The van der Waals surface area contributed by atoms with Crippen molar-refractivity contribution < 1.29 is 19.1 Å². The van der Waals surface area contributed by atoms with Crippen LogP contribution in [0.15, 0.2) is 90.0 Å². The number of hydrazone groups is 1. The molecule has 2 N–H and O–H groups in total. The molecule has 0 bridgehead atoms. The maximum atomic E-state index is 13.3. The number of aromatic nitrogens is 1. The van der Waals surface area contributed by atoms with Crippen LogP contribution in [0.25, 0.3) is 22.0 Å². The third-order valence-electron chi connectivity index (χ3n) is 6.05. The van der Waals surface area contributed by atoms with Crippen molar-refractivity contribution >= 4 is 63.8 Å². The molecule has 0 aliphatic heterocycles. The molecule has 0 aliphatic carbocycles. The van der Waals surface area contributed by atoms with E-state index in [1.54, 1.807) is 72.8 Å². The summed E-state index contributed by atoms with van der Waals surface area (Å²) in [6.45, 7) is 2.17. The fourth-order valence-corrected chi connectivity index (χ4v) is 5.02. The van der Waals surface area contributed by atoms with Gasteiger partial charge in [-0.25, -0.2) is 10.2 Å². The monoisotopic (exact) mass is 605 g/mol. The Kier molecular flexibility index (Phi) is 8.59. The fourth-order valence-electron chi connectivity index (χ4n) is 4.25. The van der Waals surface area contributed by atoms with Gasteiger partial charge in [-0.2, -0.15) is 5.10 Å². The van der Waals surface area contributed by atoms with Crippen molar-refractivity contribution in [1.82, 2.24) is 10.4 Å². The highest BCUT2D eigenvalue weighted by Gasteiger charge is 2.22. The van der Waals surface area contributed by atoms with E-state index in [1.165, 1.54) is 6.21 Å². The molecule has 7 nitrogen and oxygen atoms in total. The highest BCUT2D eigenvalue weighted by atomic mass is 35.5. The molecular weight excluding hydrogens is 585 g/mol. The SMILES string of the molecule is CCOc1cc(C=NNC(=O)c2[nH]c3c(Cl)cc(Cl)cc3c2-c2ccccc2Cl)ccc1OC(=O)c1ccccc1. The van der Waals surface area contributed by atoms with E-state index in [1.807, 2.05) is 19.1 Å². The first kappa shape index (κ1) is 28.2. The van der Waals surface area contributed by atoms with E-state index in [0.717, 1.165) is 0 Å². The Morgan fingerprint density at radius 1 is 0.902 bits per heavy atom. The van der Waals surface area contributed by atoms with Crippen LogP contribution >= 0.6 is 34.8 Å². The predicted molar refractivity (Wildman–Crippen MR) is 163 cm³/mol. The normalized spacial score (nSPS) is 11.1. The Morgan fingerprint density at radius 2 is 1.66 bits per heavy atom. The first-order chi connectivity index (χ1) is 19.9. The zero-order valence-electron chi connectivity index (χ0n) is 21.6. The van der Waals surface area contributed by atoms with Gasteiger partial charge in [-0.15, -0.1) is 0 Å². The van der Waals surface area contributed by atoms with Gasteiger partial charge in [0, 0.05) is 26.6 Å². The van der Waals surface area contributed by atoms with Gasteiger partial charge in [0.25, 0.3) is 5.91 Å². The smallest absolute Gasteiger partial charge is 0.343 e. The van der Waals surface area contributed by atoms with Gasteiger partial charge in [0.1, 0.15) is 5.69 Å². The molecule has 0 saturated carbocycles. The summed E-state index contributed by atoms with van der Waals surface area (Å²) in [7, 11) is 0. The van der Waals surface area contributed by atoms with E-state index in [0.29, 0.717) is 60.6 Å². The topological polar surface area (TPSA) is 92.8 Å². The number of esters is 1. The van der Waals surface area contributed by atoms with Gasteiger partial charge in [0.2, 0.25) is 0 Å². The molecule has 0 aliphatic rings. The van der Waals surface area contributed by atoms with Gasteiger partial charge >= 0.3 is 5.97 Å². The second kappa shape index (κ2) is 12.5. The first-order valence-electron chi connectivity index (χ1n) is 12.5. The Morgan fingerprint density at radius 3 is 2.41 bits per heavy atom. The van der Waals surface area contributed by atoms with E-state index in [4.69, 9.17) is 44.3 Å². The van der Waals surface area contributed by atoms with Gasteiger partial charge < -0.3 is 14.5 Å². The summed E-state index contributed by atoms with van der Waals surface area (Å²) >= 11 is 19.2. The minimum atomic E-state index is -0.516. The average Bonchev–Trinajstić information content (AvgIpc) is 3.35. The summed E-state index contributed by atoms with van der Waals surface area (Å²) in [4.78, 5) is 28.9. The Labute approximate surface area is 250 Å². The van der Waals surface area contributed by atoms with Crippen molar-refractivity contribution in [2.24, 2.45) is 5.10 Å². The molecule has 1 amide bonds. The number of H-pyrrole nitrogens is 1. The van der Waals surface area contributed by atoms with Crippen LogP contribution in [0, 0.1) is 0 Å². The number of amides is 1.